The van der Waals surface area contributed by atoms with Gasteiger partial charge in [0.1, 0.15) is 0 Å². The van der Waals surface area contributed by atoms with Crippen molar-refractivity contribution in [1.82, 2.24) is 4.90 Å². The number of likely N-dealkylation sites (tertiary alicyclic amines) is 1. The number of carbonyl (C=O) groups excluding carboxylic acids is 2. The average molecular weight is 390 g/mol. The molecular weight excluding hydrogens is 358 g/mol. The van der Waals surface area contributed by atoms with E-state index in [1.165, 1.54) is 39.0 Å². The lowest BCUT2D eigenvalue weighted by molar-refractivity contribution is -0.145. The first kappa shape index (κ1) is 20.5. The molecule has 1 rings (SSSR count). The molecule has 1 saturated heterocycles. The minimum absolute atomic E-state index is 0.0451. The van der Waals surface area contributed by atoms with E-state index in [9.17, 15) is 9.59 Å². The molecule has 4 nitrogen and oxygen atoms in total. The maximum absolute atomic E-state index is 11.8. The van der Waals surface area contributed by atoms with Gasteiger partial charge in [0.25, 0.3) is 0 Å². The van der Waals surface area contributed by atoms with Crippen molar-refractivity contribution < 1.29 is 14.3 Å². The van der Waals surface area contributed by atoms with Gasteiger partial charge in [0.15, 0.2) is 0 Å². The molecule has 0 spiro atoms. The molecule has 0 radical (unpaired) electrons. The van der Waals surface area contributed by atoms with Crippen molar-refractivity contribution in [2.45, 2.75) is 95.5 Å². The van der Waals surface area contributed by atoms with Gasteiger partial charge in [-0.05, 0) is 39.0 Å². The highest BCUT2D eigenvalue weighted by atomic mass is 79.9. The molecule has 1 amide bonds. The summed E-state index contributed by atoms with van der Waals surface area (Å²) in [5.41, 5.74) is 0. The normalized spacial score (nSPS) is 17.9. The summed E-state index contributed by atoms with van der Waals surface area (Å²) in [6.45, 7) is 4.33. The highest BCUT2D eigenvalue weighted by Crippen LogP contribution is 2.22. The highest BCUT2D eigenvalue weighted by molar-refractivity contribution is 9.09. The van der Waals surface area contributed by atoms with E-state index in [1.54, 1.807) is 0 Å². The van der Waals surface area contributed by atoms with Gasteiger partial charge in [-0.25, -0.2) is 0 Å². The van der Waals surface area contributed by atoms with Crippen molar-refractivity contribution in [2.75, 3.05) is 6.54 Å². The molecule has 23 heavy (non-hydrogen) atoms. The Labute approximate surface area is 149 Å². The van der Waals surface area contributed by atoms with Crippen molar-refractivity contribution in [3.63, 3.8) is 0 Å². The summed E-state index contributed by atoms with van der Waals surface area (Å²) >= 11 is 3.67. The van der Waals surface area contributed by atoms with Crippen LogP contribution in [0.5, 0.6) is 0 Å². The molecule has 1 aliphatic heterocycles. The number of piperidine rings is 1. The zero-order valence-electron chi connectivity index (χ0n) is 14.7. The van der Waals surface area contributed by atoms with Gasteiger partial charge in [0.05, 0.1) is 11.1 Å². The summed E-state index contributed by atoms with van der Waals surface area (Å²) in [5, 5.41) is 0. The van der Waals surface area contributed by atoms with Crippen LogP contribution in [0.2, 0.25) is 0 Å². The third-order valence-corrected chi connectivity index (χ3v) is 5.32. The van der Waals surface area contributed by atoms with Crippen LogP contribution in [0, 0.1) is 0 Å². The molecule has 0 aromatic heterocycles. The lowest BCUT2D eigenvalue weighted by Crippen LogP contribution is -2.40. The Balaban J connectivity index is 1.95. The van der Waals surface area contributed by atoms with Gasteiger partial charge in [-0.15, -0.1) is 0 Å². The summed E-state index contributed by atoms with van der Waals surface area (Å²) in [4.78, 5) is 24.9. The van der Waals surface area contributed by atoms with Crippen LogP contribution < -0.4 is 0 Å². The minimum atomic E-state index is -0.186. The summed E-state index contributed by atoms with van der Waals surface area (Å²) in [7, 11) is 0. The number of halogens is 1. The van der Waals surface area contributed by atoms with E-state index in [-0.39, 0.29) is 17.0 Å². The number of carbonyl (C=O) groups is 2. The number of nitrogens with zero attached hydrogens (tertiary/aromatic N) is 1. The molecule has 134 valence electrons. The van der Waals surface area contributed by atoms with Crippen LogP contribution in [-0.2, 0) is 14.3 Å². The molecule has 2 atom stereocenters. The van der Waals surface area contributed by atoms with Gasteiger partial charge in [-0.3, -0.25) is 9.59 Å². The summed E-state index contributed by atoms with van der Waals surface area (Å²) in [6.07, 6.45) is 12.2. The van der Waals surface area contributed by atoms with Crippen LogP contribution in [0.15, 0.2) is 0 Å². The number of hydrogen-bond acceptors (Lipinski definition) is 3. The Morgan fingerprint density at radius 2 is 1.74 bits per heavy atom. The fraction of sp³-hybridized carbons (Fsp3) is 0.889. The molecule has 5 heteroatoms. The number of rotatable bonds is 11. The first-order valence-corrected chi connectivity index (χ1v) is 10.0. The quantitative estimate of drug-likeness (QED) is 0.221. The van der Waals surface area contributed by atoms with E-state index in [4.69, 9.17) is 4.74 Å². The third-order valence-electron chi connectivity index (χ3n) is 4.37. The van der Waals surface area contributed by atoms with Crippen molar-refractivity contribution >= 4 is 27.8 Å². The van der Waals surface area contributed by atoms with Crippen LogP contribution in [0.1, 0.15) is 84.5 Å². The number of hydrogen-bond donors (Lipinski definition) is 0. The Morgan fingerprint density at radius 3 is 2.35 bits per heavy atom. The highest BCUT2D eigenvalue weighted by Gasteiger charge is 2.23. The first-order chi connectivity index (χ1) is 11.0. The Bertz CT molecular complexity index is 362. The molecule has 0 bridgehead atoms. The van der Waals surface area contributed by atoms with Gasteiger partial charge in [-0.1, -0.05) is 48.0 Å². The smallest absolute Gasteiger partial charge is 0.302 e. The SMILES string of the molecule is CC(=O)OC(C)CCCCCCCCC(Br)N1CCCCC1=O. The van der Waals surface area contributed by atoms with E-state index in [1.807, 2.05) is 11.8 Å². The fourth-order valence-electron chi connectivity index (χ4n) is 3.07. The third kappa shape index (κ3) is 9.33. The van der Waals surface area contributed by atoms with E-state index >= 15 is 0 Å². The monoisotopic (exact) mass is 389 g/mol. The van der Waals surface area contributed by atoms with Gasteiger partial charge < -0.3 is 9.64 Å². The van der Waals surface area contributed by atoms with Gasteiger partial charge >= 0.3 is 5.97 Å². The summed E-state index contributed by atoms with van der Waals surface area (Å²) in [5.74, 6) is 0.119. The van der Waals surface area contributed by atoms with Gasteiger partial charge in [-0.2, -0.15) is 0 Å². The molecular formula is C18H32BrNO3. The zero-order chi connectivity index (χ0) is 17.1. The van der Waals surface area contributed by atoms with E-state index in [0.717, 1.165) is 38.6 Å². The number of amides is 1. The lowest BCUT2D eigenvalue weighted by atomic mass is 10.1. The minimum Gasteiger partial charge on any atom is -0.463 e. The molecule has 0 aromatic rings. The number of ether oxygens (including phenoxy) is 1. The van der Waals surface area contributed by atoms with Crippen LogP contribution in [0.25, 0.3) is 0 Å². The number of unbranched alkanes of at least 4 members (excludes halogenated alkanes) is 5. The van der Waals surface area contributed by atoms with Crippen LogP contribution in [0.4, 0.5) is 0 Å². The Kier molecular flexibility index (Phi) is 10.6. The first-order valence-electron chi connectivity index (χ1n) is 9.11. The van der Waals surface area contributed by atoms with Gasteiger partial charge in [0.2, 0.25) is 5.91 Å². The van der Waals surface area contributed by atoms with E-state index in [0.29, 0.717) is 12.3 Å². The zero-order valence-corrected chi connectivity index (χ0v) is 16.3. The Morgan fingerprint density at radius 1 is 1.13 bits per heavy atom. The van der Waals surface area contributed by atoms with Crippen LogP contribution in [-0.4, -0.2) is 34.4 Å². The van der Waals surface area contributed by atoms with Crippen molar-refractivity contribution in [3.8, 4) is 0 Å². The maximum Gasteiger partial charge on any atom is 0.302 e. The van der Waals surface area contributed by atoms with E-state index < -0.39 is 0 Å². The molecule has 0 N–H and O–H groups in total. The van der Waals surface area contributed by atoms with Crippen LogP contribution in [0.3, 0.4) is 0 Å². The maximum atomic E-state index is 11.8. The van der Waals surface area contributed by atoms with Crippen molar-refractivity contribution in [3.05, 3.63) is 0 Å². The topological polar surface area (TPSA) is 46.6 Å². The molecule has 1 aliphatic rings. The average Bonchev–Trinajstić information content (AvgIpc) is 2.49. The fourth-order valence-corrected chi connectivity index (χ4v) is 3.83. The Hall–Kier alpha value is -0.580. The van der Waals surface area contributed by atoms with E-state index in [2.05, 4.69) is 15.9 Å². The molecule has 0 aromatic carbocycles. The summed E-state index contributed by atoms with van der Waals surface area (Å²) in [6, 6.07) is 0. The predicted octanol–water partition coefficient (Wildman–Crippen LogP) is 4.79. The second-order valence-corrected chi connectivity index (χ2v) is 7.65. The molecule has 0 aliphatic carbocycles. The van der Waals surface area contributed by atoms with Crippen LogP contribution >= 0.6 is 15.9 Å². The van der Waals surface area contributed by atoms with Crippen molar-refractivity contribution in [2.24, 2.45) is 0 Å². The number of alkyl halides is 1. The summed E-state index contributed by atoms with van der Waals surface area (Å²) < 4.78 is 5.11. The lowest BCUT2D eigenvalue weighted by Gasteiger charge is -2.31. The second kappa shape index (κ2) is 11.9. The standard InChI is InChI=1S/C18H32BrNO3/c1-15(23-16(2)21)11-7-5-3-4-6-8-12-17(19)20-14-10-9-13-18(20)22/h15,17H,3-14H2,1-2H3. The molecule has 1 heterocycles. The largest absolute Gasteiger partial charge is 0.463 e. The predicted molar refractivity (Wildman–Crippen MR) is 96.4 cm³/mol. The molecule has 0 saturated carbocycles. The number of esters is 1. The van der Waals surface area contributed by atoms with Gasteiger partial charge in [0, 0.05) is 19.9 Å². The van der Waals surface area contributed by atoms with Crippen molar-refractivity contribution in [1.29, 1.82) is 0 Å². The molecule has 1 fully saturated rings. The second-order valence-electron chi connectivity index (χ2n) is 6.60. The molecule has 2 unspecified atom stereocenters.